The van der Waals surface area contributed by atoms with E-state index in [1.165, 1.54) is 4.68 Å². The van der Waals surface area contributed by atoms with Crippen LogP contribution >= 0.6 is 0 Å². The molecular weight excluding hydrogens is 144 g/mol. The summed E-state index contributed by atoms with van der Waals surface area (Å²) in [5.74, 6) is 11.8. The Balaban J connectivity index is 2.82. The van der Waals surface area contributed by atoms with Gasteiger partial charge < -0.3 is 5.84 Å². The predicted octanol–water partition coefficient (Wildman–Crippen LogP) is -0.770. The van der Waals surface area contributed by atoms with Gasteiger partial charge in [0.15, 0.2) is 5.82 Å². The van der Waals surface area contributed by atoms with E-state index in [1.54, 1.807) is 0 Å². The molecule has 6 nitrogen and oxygen atoms in total. The minimum absolute atomic E-state index is 0.383. The van der Waals surface area contributed by atoms with Crippen molar-refractivity contribution in [1.82, 2.24) is 14.9 Å². The van der Waals surface area contributed by atoms with Crippen molar-refractivity contribution in [1.29, 1.82) is 0 Å². The first-order valence-electron chi connectivity index (χ1n) is 3.45. The minimum Gasteiger partial charge on any atom is -0.335 e. The topological polar surface area (TPSA) is 94.8 Å². The number of aryl methyl sites for hydroxylation is 1. The molecule has 62 valence electrons. The van der Waals surface area contributed by atoms with Gasteiger partial charge in [-0.2, -0.15) is 0 Å². The SMILES string of the molecule is CCCc1nnc(NN)n1N. The maximum absolute atomic E-state index is 5.55. The number of rotatable bonds is 3. The van der Waals surface area contributed by atoms with E-state index in [1.807, 2.05) is 6.92 Å². The Hall–Kier alpha value is -1.30. The van der Waals surface area contributed by atoms with Crippen LogP contribution < -0.4 is 17.1 Å². The van der Waals surface area contributed by atoms with Crippen LogP contribution in [0.25, 0.3) is 0 Å². The van der Waals surface area contributed by atoms with Crippen molar-refractivity contribution in [3.05, 3.63) is 5.82 Å². The molecule has 0 aliphatic carbocycles. The highest BCUT2D eigenvalue weighted by atomic mass is 15.5. The number of hydrazine groups is 1. The zero-order chi connectivity index (χ0) is 8.27. The molecule has 1 rings (SSSR count). The highest BCUT2D eigenvalue weighted by Crippen LogP contribution is 2.02. The van der Waals surface area contributed by atoms with Gasteiger partial charge in [0.1, 0.15) is 0 Å². The summed E-state index contributed by atoms with van der Waals surface area (Å²) in [6, 6.07) is 0. The first-order chi connectivity index (χ1) is 5.29. The van der Waals surface area contributed by atoms with E-state index >= 15 is 0 Å². The van der Waals surface area contributed by atoms with Gasteiger partial charge >= 0.3 is 0 Å². The molecule has 11 heavy (non-hydrogen) atoms. The molecule has 0 aliphatic rings. The summed E-state index contributed by atoms with van der Waals surface area (Å²) in [6.07, 6.45) is 1.80. The average molecular weight is 156 g/mol. The lowest BCUT2D eigenvalue weighted by Gasteiger charge is -1.99. The molecule has 0 unspecified atom stereocenters. The Labute approximate surface area is 64.5 Å². The summed E-state index contributed by atoms with van der Waals surface area (Å²) >= 11 is 0. The summed E-state index contributed by atoms with van der Waals surface area (Å²) in [5.41, 5.74) is 2.34. The van der Waals surface area contributed by atoms with E-state index in [4.69, 9.17) is 11.7 Å². The average Bonchev–Trinajstić information content (AvgIpc) is 2.34. The molecule has 0 spiro atoms. The molecule has 0 saturated heterocycles. The molecule has 0 aromatic carbocycles. The summed E-state index contributed by atoms with van der Waals surface area (Å²) < 4.78 is 1.35. The van der Waals surface area contributed by atoms with Crippen LogP contribution in [-0.4, -0.2) is 14.9 Å². The van der Waals surface area contributed by atoms with Gasteiger partial charge in [0.2, 0.25) is 0 Å². The van der Waals surface area contributed by atoms with Crippen LogP contribution in [0.1, 0.15) is 19.2 Å². The van der Waals surface area contributed by atoms with Crippen molar-refractivity contribution in [3.63, 3.8) is 0 Å². The largest absolute Gasteiger partial charge is 0.335 e. The van der Waals surface area contributed by atoms with Crippen LogP contribution in [-0.2, 0) is 6.42 Å². The van der Waals surface area contributed by atoms with Crippen molar-refractivity contribution in [3.8, 4) is 0 Å². The predicted molar refractivity (Wildman–Crippen MR) is 42.0 cm³/mol. The monoisotopic (exact) mass is 156 g/mol. The molecule has 0 amide bonds. The molecule has 0 atom stereocenters. The second-order valence-corrected chi connectivity index (χ2v) is 2.20. The van der Waals surface area contributed by atoms with E-state index in [0.29, 0.717) is 5.95 Å². The zero-order valence-corrected chi connectivity index (χ0v) is 6.41. The third-order valence-electron chi connectivity index (χ3n) is 1.37. The first kappa shape index (κ1) is 7.80. The Morgan fingerprint density at radius 1 is 1.55 bits per heavy atom. The lowest BCUT2D eigenvalue weighted by atomic mass is 10.3. The molecule has 0 saturated carbocycles. The third kappa shape index (κ3) is 1.40. The Bertz CT molecular complexity index is 229. The normalized spacial score (nSPS) is 10.0. The molecule has 0 radical (unpaired) electrons. The lowest BCUT2D eigenvalue weighted by Crippen LogP contribution is -2.19. The molecule has 1 aromatic heterocycles. The minimum atomic E-state index is 0.383. The molecule has 6 heteroatoms. The second-order valence-electron chi connectivity index (χ2n) is 2.20. The van der Waals surface area contributed by atoms with Gasteiger partial charge in [-0.1, -0.05) is 6.92 Å². The van der Waals surface area contributed by atoms with Crippen LogP contribution in [0.15, 0.2) is 0 Å². The molecule has 1 heterocycles. The van der Waals surface area contributed by atoms with Crippen LogP contribution in [0.4, 0.5) is 5.95 Å². The van der Waals surface area contributed by atoms with Gasteiger partial charge in [0, 0.05) is 6.42 Å². The number of nitrogens with one attached hydrogen (secondary N) is 1. The van der Waals surface area contributed by atoms with Gasteiger partial charge in [0.05, 0.1) is 0 Å². The number of anilines is 1. The second kappa shape index (κ2) is 3.20. The Kier molecular flexibility index (Phi) is 2.27. The van der Waals surface area contributed by atoms with Gasteiger partial charge in [-0.15, -0.1) is 10.2 Å². The Morgan fingerprint density at radius 2 is 2.27 bits per heavy atom. The molecule has 0 aliphatic heterocycles. The first-order valence-corrected chi connectivity index (χ1v) is 3.45. The van der Waals surface area contributed by atoms with E-state index in [-0.39, 0.29) is 0 Å². The van der Waals surface area contributed by atoms with Crippen LogP contribution in [0.3, 0.4) is 0 Å². The fourth-order valence-corrected chi connectivity index (χ4v) is 0.816. The van der Waals surface area contributed by atoms with Crippen LogP contribution in [0.2, 0.25) is 0 Å². The van der Waals surface area contributed by atoms with Gasteiger partial charge in [-0.25, -0.2) is 10.5 Å². The van der Waals surface area contributed by atoms with Crippen molar-refractivity contribution in [2.24, 2.45) is 5.84 Å². The molecule has 0 fully saturated rings. The smallest absolute Gasteiger partial charge is 0.257 e. The van der Waals surface area contributed by atoms with Crippen molar-refractivity contribution in [2.75, 3.05) is 11.3 Å². The summed E-state index contributed by atoms with van der Waals surface area (Å²) in [4.78, 5) is 0. The van der Waals surface area contributed by atoms with E-state index in [9.17, 15) is 0 Å². The number of hydrogen-bond acceptors (Lipinski definition) is 5. The van der Waals surface area contributed by atoms with Crippen LogP contribution in [0.5, 0.6) is 0 Å². The van der Waals surface area contributed by atoms with Crippen molar-refractivity contribution < 1.29 is 0 Å². The van der Waals surface area contributed by atoms with E-state index in [0.717, 1.165) is 18.7 Å². The Morgan fingerprint density at radius 3 is 2.73 bits per heavy atom. The maximum Gasteiger partial charge on any atom is 0.257 e. The number of nitrogen functional groups attached to an aromatic ring is 2. The van der Waals surface area contributed by atoms with Gasteiger partial charge in [0.25, 0.3) is 5.95 Å². The van der Waals surface area contributed by atoms with Crippen molar-refractivity contribution in [2.45, 2.75) is 19.8 Å². The number of hydrogen-bond donors (Lipinski definition) is 3. The maximum atomic E-state index is 5.55. The molecule has 5 N–H and O–H groups in total. The van der Waals surface area contributed by atoms with E-state index in [2.05, 4.69) is 15.6 Å². The van der Waals surface area contributed by atoms with Gasteiger partial charge in [-0.3, -0.25) is 5.43 Å². The number of aromatic nitrogens is 3. The number of nitrogens with zero attached hydrogens (tertiary/aromatic N) is 3. The zero-order valence-electron chi connectivity index (χ0n) is 6.41. The lowest BCUT2D eigenvalue weighted by molar-refractivity contribution is 0.787. The van der Waals surface area contributed by atoms with E-state index < -0.39 is 0 Å². The summed E-state index contributed by atoms with van der Waals surface area (Å²) in [5, 5.41) is 7.53. The number of nitrogens with two attached hydrogens (primary N) is 2. The fourth-order valence-electron chi connectivity index (χ4n) is 0.816. The quantitative estimate of drug-likeness (QED) is 0.394. The molecular formula is C5H12N6. The summed E-state index contributed by atoms with van der Waals surface area (Å²) in [7, 11) is 0. The highest BCUT2D eigenvalue weighted by Gasteiger charge is 2.05. The van der Waals surface area contributed by atoms with Gasteiger partial charge in [-0.05, 0) is 6.42 Å². The molecule has 1 aromatic rings. The summed E-state index contributed by atoms with van der Waals surface area (Å²) in [6.45, 7) is 2.05. The molecule has 0 bridgehead atoms. The third-order valence-corrected chi connectivity index (χ3v) is 1.37. The fraction of sp³-hybridized carbons (Fsp3) is 0.600. The highest BCUT2D eigenvalue weighted by molar-refractivity contribution is 5.23. The standard InChI is InChI=1S/C5H12N6/c1-2-3-4-9-10-5(8-6)11(4)7/h2-3,6-7H2,1H3,(H,8,10). The van der Waals surface area contributed by atoms with Crippen molar-refractivity contribution >= 4 is 5.95 Å². The van der Waals surface area contributed by atoms with Crippen LogP contribution in [0, 0.1) is 0 Å².